The Balaban J connectivity index is 0.000000252. The molecule has 4 N–H and O–H groups in total. The molecule has 3 atom stereocenters. The van der Waals surface area contributed by atoms with Crippen LogP contribution in [0.4, 0.5) is 4.39 Å². The van der Waals surface area contributed by atoms with E-state index in [0.29, 0.717) is 25.8 Å². The Hall–Kier alpha value is -4.40. The Morgan fingerprint density at radius 2 is 1.90 bits per heavy atom. The highest BCUT2D eigenvalue weighted by Gasteiger charge is 2.26. The second kappa shape index (κ2) is 18.0. The van der Waals surface area contributed by atoms with Crippen LogP contribution in [-0.4, -0.2) is 59.3 Å². The highest BCUT2D eigenvalue weighted by Crippen LogP contribution is 2.26. The molecule has 41 heavy (non-hydrogen) atoms. The van der Waals surface area contributed by atoms with Gasteiger partial charge in [0, 0.05) is 30.9 Å². The number of carbonyl (C=O) groups excluding carboxylic acids is 4. The van der Waals surface area contributed by atoms with E-state index in [9.17, 15) is 23.6 Å². The van der Waals surface area contributed by atoms with E-state index in [1.807, 2.05) is 13.0 Å². The van der Waals surface area contributed by atoms with Crippen molar-refractivity contribution in [3.05, 3.63) is 59.9 Å². The predicted molar refractivity (Wildman–Crippen MR) is 149 cm³/mol. The molecule has 1 saturated heterocycles. The quantitative estimate of drug-likeness (QED) is 0.319. The average molecular weight is 568 g/mol. The maximum absolute atomic E-state index is 12.8. The van der Waals surface area contributed by atoms with Gasteiger partial charge in [0.2, 0.25) is 18.2 Å². The minimum atomic E-state index is -0.709. The Kier molecular flexibility index (Phi) is 14.4. The molecule has 1 aromatic carbocycles. The average Bonchev–Trinajstić information content (AvgIpc) is 3.77. The summed E-state index contributed by atoms with van der Waals surface area (Å²) >= 11 is 0. The maximum atomic E-state index is 12.8. The van der Waals surface area contributed by atoms with Gasteiger partial charge < -0.3 is 21.3 Å². The van der Waals surface area contributed by atoms with Crippen molar-refractivity contribution in [3.8, 4) is 6.07 Å². The molecule has 0 radical (unpaired) electrons. The third-order valence-electron chi connectivity index (χ3n) is 6.25. The lowest BCUT2D eigenvalue weighted by Gasteiger charge is -2.23. The molecule has 2 aromatic rings. The number of amides is 4. The summed E-state index contributed by atoms with van der Waals surface area (Å²) in [4.78, 5) is 52.4. The third-order valence-corrected chi connectivity index (χ3v) is 6.25. The molecule has 1 aliphatic heterocycles. The minimum Gasteiger partial charge on any atom is -0.356 e. The number of carbonyl (C=O) groups is 4. The van der Waals surface area contributed by atoms with Gasteiger partial charge in [-0.05, 0) is 56.2 Å². The molecule has 3 unspecified atom stereocenters. The van der Waals surface area contributed by atoms with Crippen molar-refractivity contribution in [2.24, 2.45) is 11.8 Å². The number of piperidine rings is 1. The van der Waals surface area contributed by atoms with Gasteiger partial charge in [0.05, 0.1) is 18.8 Å². The molecule has 1 aliphatic carbocycles. The lowest BCUT2D eigenvalue weighted by Crippen LogP contribution is -2.44. The van der Waals surface area contributed by atoms with Crippen LogP contribution in [0.2, 0.25) is 0 Å². The van der Waals surface area contributed by atoms with Crippen LogP contribution < -0.4 is 21.3 Å². The van der Waals surface area contributed by atoms with Crippen molar-refractivity contribution in [2.45, 2.75) is 64.5 Å². The number of hydrogen-bond donors (Lipinski definition) is 4. The summed E-state index contributed by atoms with van der Waals surface area (Å²) < 4.78 is 12.8. The van der Waals surface area contributed by atoms with Gasteiger partial charge in [0.1, 0.15) is 17.6 Å². The molecule has 11 nitrogen and oxygen atoms in total. The SMILES string of the molecule is CC(Cc1ccc(F)cc1)NC(=O)c1cnccn1.CC1CC1.N#CC(CC1CCCNC1=O)NC(=O)CNC=O. The standard InChI is InChI=1S/C14H14FN3O.C11H16N4O3.C4H8/c1-10(8-11-2-4-12(15)5-3-11)18-14(19)13-9-16-6-7-17-13;12-5-9(15-10(17)6-13-7-16)4-8-2-1-3-14-11(8)18;1-4-2-3-4/h2-7,9-10H,8H2,1H3,(H,18,19);7-9H,1-4,6H2,(H,13,16)(H,14,18)(H,15,17);4H,2-3H2,1H3. The van der Waals surface area contributed by atoms with Gasteiger partial charge in [-0.3, -0.25) is 24.2 Å². The smallest absolute Gasteiger partial charge is 0.271 e. The topological polar surface area (TPSA) is 166 Å². The highest BCUT2D eigenvalue weighted by molar-refractivity contribution is 5.92. The van der Waals surface area contributed by atoms with E-state index in [1.54, 1.807) is 12.1 Å². The number of hydrogen-bond acceptors (Lipinski definition) is 7. The van der Waals surface area contributed by atoms with E-state index < -0.39 is 11.9 Å². The number of aromatic nitrogens is 2. The second-order valence-electron chi connectivity index (χ2n) is 10.1. The minimum absolute atomic E-state index is 0.0678. The maximum Gasteiger partial charge on any atom is 0.271 e. The van der Waals surface area contributed by atoms with Crippen molar-refractivity contribution >= 4 is 24.1 Å². The number of nitrogens with zero attached hydrogens (tertiary/aromatic N) is 3. The van der Waals surface area contributed by atoms with Gasteiger partial charge in [-0.25, -0.2) is 9.37 Å². The molecule has 220 valence electrons. The summed E-state index contributed by atoms with van der Waals surface area (Å²) in [6, 6.07) is 7.41. The predicted octanol–water partition coefficient (Wildman–Crippen LogP) is 2.05. The lowest BCUT2D eigenvalue weighted by atomic mass is 9.92. The van der Waals surface area contributed by atoms with Crippen LogP contribution in [0.1, 0.15) is 62.0 Å². The molecule has 12 heteroatoms. The van der Waals surface area contributed by atoms with E-state index in [-0.39, 0.29) is 41.8 Å². The summed E-state index contributed by atoms with van der Waals surface area (Å²) in [5, 5.41) is 19.2. The molecule has 2 fully saturated rings. The molecule has 1 saturated carbocycles. The Labute approximate surface area is 239 Å². The van der Waals surface area contributed by atoms with Crippen molar-refractivity contribution in [1.82, 2.24) is 31.2 Å². The lowest BCUT2D eigenvalue weighted by molar-refractivity contribution is -0.127. The summed E-state index contributed by atoms with van der Waals surface area (Å²) in [5.74, 6) is -0.183. The Morgan fingerprint density at radius 3 is 2.46 bits per heavy atom. The first-order valence-electron chi connectivity index (χ1n) is 13.7. The fourth-order valence-electron chi connectivity index (χ4n) is 3.77. The number of halogens is 1. The van der Waals surface area contributed by atoms with Crippen molar-refractivity contribution < 1.29 is 23.6 Å². The van der Waals surface area contributed by atoms with Crippen molar-refractivity contribution in [1.29, 1.82) is 5.26 Å². The molecular formula is C29H38FN7O4. The fraction of sp³-hybridized carbons (Fsp3) is 0.483. The van der Waals surface area contributed by atoms with Gasteiger partial charge >= 0.3 is 0 Å². The zero-order valence-electron chi connectivity index (χ0n) is 23.4. The van der Waals surface area contributed by atoms with Crippen LogP contribution in [0.15, 0.2) is 42.9 Å². The highest BCUT2D eigenvalue weighted by atomic mass is 19.1. The summed E-state index contributed by atoms with van der Waals surface area (Å²) in [6.45, 7) is 4.67. The summed E-state index contributed by atoms with van der Waals surface area (Å²) in [5.41, 5.74) is 1.25. The largest absolute Gasteiger partial charge is 0.356 e. The first-order chi connectivity index (χ1) is 19.7. The number of rotatable bonds is 10. The van der Waals surface area contributed by atoms with Gasteiger partial charge in [-0.2, -0.15) is 5.26 Å². The van der Waals surface area contributed by atoms with Gasteiger partial charge in [0.15, 0.2) is 0 Å². The van der Waals surface area contributed by atoms with E-state index in [4.69, 9.17) is 5.26 Å². The zero-order chi connectivity index (χ0) is 30.0. The van der Waals surface area contributed by atoms with E-state index in [2.05, 4.69) is 38.2 Å². The monoisotopic (exact) mass is 567 g/mol. The normalized spacial score (nSPS) is 16.9. The van der Waals surface area contributed by atoms with Crippen LogP contribution in [-0.2, 0) is 20.8 Å². The van der Waals surface area contributed by atoms with E-state index in [0.717, 1.165) is 24.3 Å². The second-order valence-corrected chi connectivity index (χ2v) is 10.1. The van der Waals surface area contributed by atoms with E-state index >= 15 is 0 Å². The molecule has 0 bridgehead atoms. The van der Waals surface area contributed by atoms with E-state index in [1.165, 1.54) is 43.6 Å². The number of benzene rings is 1. The van der Waals surface area contributed by atoms with Crippen LogP contribution in [0, 0.1) is 29.0 Å². The van der Waals surface area contributed by atoms with Crippen LogP contribution >= 0.6 is 0 Å². The fourth-order valence-corrected chi connectivity index (χ4v) is 3.77. The van der Waals surface area contributed by atoms with Crippen LogP contribution in [0.5, 0.6) is 0 Å². The van der Waals surface area contributed by atoms with Crippen LogP contribution in [0.3, 0.4) is 0 Å². The molecule has 4 amide bonds. The molecule has 2 aliphatic rings. The molecule has 0 spiro atoms. The van der Waals surface area contributed by atoms with Crippen LogP contribution in [0.25, 0.3) is 0 Å². The van der Waals surface area contributed by atoms with Gasteiger partial charge in [-0.1, -0.05) is 31.9 Å². The number of nitriles is 1. The molecule has 2 heterocycles. The first-order valence-corrected chi connectivity index (χ1v) is 13.7. The number of nitrogens with one attached hydrogen (secondary N) is 4. The molecule has 4 rings (SSSR count). The third kappa shape index (κ3) is 14.0. The van der Waals surface area contributed by atoms with Crippen molar-refractivity contribution in [2.75, 3.05) is 13.1 Å². The Bertz CT molecular complexity index is 1150. The van der Waals surface area contributed by atoms with Gasteiger partial charge in [0.25, 0.3) is 5.91 Å². The van der Waals surface area contributed by atoms with Gasteiger partial charge in [-0.15, -0.1) is 0 Å². The molecular weight excluding hydrogens is 529 g/mol. The first kappa shape index (κ1) is 32.8. The molecule has 1 aromatic heterocycles. The Morgan fingerprint density at radius 1 is 1.20 bits per heavy atom. The summed E-state index contributed by atoms with van der Waals surface area (Å²) in [6.07, 6.45) is 10.3. The van der Waals surface area contributed by atoms with Crippen molar-refractivity contribution in [3.63, 3.8) is 0 Å². The zero-order valence-corrected chi connectivity index (χ0v) is 23.4. The summed E-state index contributed by atoms with van der Waals surface area (Å²) in [7, 11) is 0.